The van der Waals surface area contributed by atoms with Gasteiger partial charge in [-0.15, -0.1) is 0 Å². The number of morpholine rings is 1. The van der Waals surface area contributed by atoms with Gasteiger partial charge in [-0.05, 0) is 35.4 Å². The SMILES string of the molecule is O=C(NCc1cccc(CN2CCOCC2)c1)C1CN(S(=O)(=O)c2ccccc2)c2ccccc2O1. The standard InChI is InChI=1S/C27H29N3O5S/c31-27(28-18-21-7-6-8-22(17-21)19-29-13-15-34-16-14-29)26-20-30(24-11-4-5-12-25(24)35-26)36(32,33)23-9-2-1-3-10-23/h1-12,17,26H,13-16,18-20H2,(H,28,31). The molecule has 2 aliphatic rings. The zero-order valence-corrected chi connectivity index (χ0v) is 20.7. The van der Waals surface area contributed by atoms with Crippen molar-refractivity contribution in [1.29, 1.82) is 0 Å². The molecule has 9 heteroatoms. The summed E-state index contributed by atoms with van der Waals surface area (Å²) in [6, 6.07) is 23.2. The van der Waals surface area contributed by atoms with E-state index in [0.29, 0.717) is 18.0 Å². The van der Waals surface area contributed by atoms with E-state index in [-0.39, 0.29) is 17.3 Å². The smallest absolute Gasteiger partial charge is 0.264 e. The molecule has 0 aliphatic carbocycles. The topological polar surface area (TPSA) is 88.2 Å². The minimum absolute atomic E-state index is 0.114. The number of sulfonamides is 1. The summed E-state index contributed by atoms with van der Waals surface area (Å²) in [5.41, 5.74) is 2.56. The molecule has 8 nitrogen and oxygen atoms in total. The predicted octanol–water partition coefficient (Wildman–Crippen LogP) is 2.79. The minimum atomic E-state index is -3.87. The van der Waals surface area contributed by atoms with Gasteiger partial charge in [-0.3, -0.25) is 14.0 Å². The van der Waals surface area contributed by atoms with E-state index in [9.17, 15) is 13.2 Å². The number of fused-ring (bicyclic) bond motifs is 1. The van der Waals surface area contributed by atoms with Gasteiger partial charge in [0.05, 0.1) is 30.3 Å². The van der Waals surface area contributed by atoms with Crippen LogP contribution in [0.5, 0.6) is 5.75 Å². The fourth-order valence-corrected chi connectivity index (χ4v) is 5.94. The van der Waals surface area contributed by atoms with Gasteiger partial charge in [0.2, 0.25) is 0 Å². The van der Waals surface area contributed by atoms with Crippen molar-refractivity contribution < 1.29 is 22.7 Å². The van der Waals surface area contributed by atoms with Crippen molar-refractivity contribution in [1.82, 2.24) is 10.2 Å². The molecule has 0 saturated carbocycles. The highest BCUT2D eigenvalue weighted by molar-refractivity contribution is 7.92. The number of nitrogens with one attached hydrogen (secondary N) is 1. The summed E-state index contributed by atoms with van der Waals surface area (Å²) in [6.45, 7) is 4.35. The molecule has 1 amide bonds. The molecule has 2 heterocycles. The number of anilines is 1. The summed E-state index contributed by atoms with van der Waals surface area (Å²) < 4.78 is 39.5. The van der Waals surface area contributed by atoms with Crippen LogP contribution in [0.25, 0.3) is 0 Å². The number of ether oxygens (including phenoxy) is 2. The Kier molecular flexibility index (Phi) is 7.22. The maximum absolute atomic E-state index is 13.4. The number of rotatable bonds is 7. The predicted molar refractivity (Wildman–Crippen MR) is 136 cm³/mol. The van der Waals surface area contributed by atoms with Crippen molar-refractivity contribution in [3.8, 4) is 5.75 Å². The molecule has 2 aliphatic heterocycles. The highest BCUT2D eigenvalue weighted by Crippen LogP contribution is 2.36. The Morgan fingerprint density at radius 2 is 1.64 bits per heavy atom. The van der Waals surface area contributed by atoms with E-state index in [2.05, 4.69) is 22.3 Å². The summed E-state index contributed by atoms with van der Waals surface area (Å²) in [4.78, 5) is 15.6. The Balaban J connectivity index is 1.28. The minimum Gasteiger partial charge on any atom is -0.476 e. The third-order valence-corrected chi connectivity index (χ3v) is 8.12. The Hall–Kier alpha value is -3.40. The monoisotopic (exact) mass is 507 g/mol. The second-order valence-corrected chi connectivity index (χ2v) is 10.7. The first kappa shape index (κ1) is 24.3. The number of carbonyl (C=O) groups is 1. The molecule has 1 saturated heterocycles. The molecule has 0 bridgehead atoms. The van der Waals surface area contributed by atoms with Crippen LogP contribution in [-0.4, -0.2) is 58.2 Å². The Morgan fingerprint density at radius 3 is 2.44 bits per heavy atom. The number of amides is 1. The fraction of sp³-hybridized carbons (Fsp3) is 0.296. The van der Waals surface area contributed by atoms with E-state index >= 15 is 0 Å². The Morgan fingerprint density at radius 1 is 0.917 bits per heavy atom. The number of benzene rings is 3. The summed E-state index contributed by atoms with van der Waals surface area (Å²) >= 11 is 0. The van der Waals surface area contributed by atoms with Crippen molar-refractivity contribution in [3.05, 3.63) is 90.0 Å². The molecule has 3 aromatic carbocycles. The molecule has 188 valence electrons. The van der Waals surface area contributed by atoms with Crippen LogP contribution in [0.2, 0.25) is 0 Å². The first-order valence-corrected chi connectivity index (χ1v) is 13.4. The molecule has 1 N–H and O–H groups in total. The molecule has 0 radical (unpaired) electrons. The fourth-order valence-electron chi connectivity index (χ4n) is 4.44. The molecule has 5 rings (SSSR count). The second kappa shape index (κ2) is 10.7. The van der Waals surface area contributed by atoms with E-state index < -0.39 is 16.1 Å². The van der Waals surface area contributed by atoms with E-state index in [1.165, 1.54) is 9.87 Å². The number of para-hydroxylation sites is 2. The molecule has 0 aromatic heterocycles. The van der Waals surface area contributed by atoms with Gasteiger partial charge < -0.3 is 14.8 Å². The van der Waals surface area contributed by atoms with Crippen LogP contribution >= 0.6 is 0 Å². The van der Waals surface area contributed by atoms with Gasteiger partial charge >= 0.3 is 0 Å². The van der Waals surface area contributed by atoms with Gasteiger partial charge in [-0.1, -0.05) is 54.6 Å². The molecular weight excluding hydrogens is 478 g/mol. The van der Waals surface area contributed by atoms with Crippen LogP contribution in [0.4, 0.5) is 5.69 Å². The highest BCUT2D eigenvalue weighted by atomic mass is 32.2. The third kappa shape index (κ3) is 5.38. The van der Waals surface area contributed by atoms with Gasteiger partial charge in [0, 0.05) is 26.2 Å². The lowest BCUT2D eigenvalue weighted by Gasteiger charge is -2.34. The van der Waals surface area contributed by atoms with Crippen molar-refractivity contribution in [2.24, 2.45) is 0 Å². The van der Waals surface area contributed by atoms with Crippen molar-refractivity contribution in [2.75, 3.05) is 37.2 Å². The first-order valence-electron chi connectivity index (χ1n) is 12.0. The Bertz CT molecular complexity index is 1310. The average Bonchev–Trinajstić information content (AvgIpc) is 2.92. The van der Waals surface area contributed by atoms with Crippen molar-refractivity contribution >= 4 is 21.6 Å². The Labute approximate surface area is 211 Å². The van der Waals surface area contributed by atoms with E-state index in [4.69, 9.17) is 9.47 Å². The van der Waals surface area contributed by atoms with Gasteiger partial charge in [0.15, 0.2) is 6.10 Å². The van der Waals surface area contributed by atoms with Crippen molar-refractivity contribution in [3.63, 3.8) is 0 Å². The first-order chi connectivity index (χ1) is 17.5. The molecule has 0 spiro atoms. The molecule has 36 heavy (non-hydrogen) atoms. The molecule has 1 fully saturated rings. The van der Waals surface area contributed by atoms with Crippen LogP contribution in [0, 0.1) is 0 Å². The summed E-state index contributed by atoms with van der Waals surface area (Å²) in [5, 5.41) is 2.92. The average molecular weight is 508 g/mol. The van der Waals surface area contributed by atoms with Gasteiger partial charge in [0.25, 0.3) is 15.9 Å². The zero-order chi connectivity index (χ0) is 25.0. The molecule has 3 aromatic rings. The van der Waals surface area contributed by atoms with E-state index in [1.807, 2.05) is 12.1 Å². The van der Waals surface area contributed by atoms with E-state index in [1.54, 1.807) is 54.6 Å². The molecular formula is C27H29N3O5S. The number of hydrogen-bond acceptors (Lipinski definition) is 6. The summed E-state index contributed by atoms with van der Waals surface area (Å²) in [5.74, 6) is -0.00717. The van der Waals surface area contributed by atoms with Crippen LogP contribution in [0.3, 0.4) is 0 Å². The molecule has 1 atom stereocenters. The zero-order valence-electron chi connectivity index (χ0n) is 19.9. The number of nitrogens with zero attached hydrogens (tertiary/aromatic N) is 2. The molecule has 1 unspecified atom stereocenters. The summed E-state index contributed by atoms with van der Waals surface area (Å²) in [7, 11) is -3.87. The van der Waals surface area contributed by atoms with E-state index in [0.717, 1.165) is 38.4 Å². The third-order valence-electron chi connectivity index (χ3n) is 6.33. The number of carbonyl (C=O) groups excluding carboxylic acids is 1. The largest absolute Gasteiger partial charge is 0.476 e. The lowest BCUT2D eigenvalue weighted by atomic mass is 10.1. The summed E-state index contributed by atoms with van der Waals surface area (Å²) in [6.07, 6.45) is -0.977. The lowest BCUT2D eigenvalue weighted by molar-refractivity contribution is -0.127. The van der Waals surface area contributed by atoms with Gasteiger partial charge in [0.1, 0.15) is 5.75 Å². The van der Waals surface area contributed by atoms with Gasteiger partial charge in [-0.2, -0.15) is 0 Å². The maximum atomic E-state index is 13.4. The quantitative estimate of drug-likeness (QED) is 0.529. The van der Waals surface area contributed by atoms with Crippen molar-refractivity contribution in [2.45, 2.75) is 24.1 Å². The maximum Gasteiger partial charge on any atom is 0.264 e. The normalized spacial score (nSPS) is 18.2. The lowest BCUT2D eigenvalue weighted by Crippen LogP contribution is -2.50. The number of hydrogen-bond donors (Lipinski definition) is 1. The van der Waals surface area contributed by atoms with Crippen LogP contribution in [0.15, 0.2) is 83.8 Å². The van der Waals surface area contributed by atoms with Crippen LogP contribution in [-0.2, 0) is 32.6 Å². The van der Waals surface area contributed by atoms with Crippen LogP contribution < -0.4 is 14.4 Å². The van der Waals surface area contributed by atoms with Crippen LogP contribution in [0.1, 0.15) is 11.1 Å². The van der Waals surface area contributed by atoms with Gasteiger partial charge in [-0.25, -0.2) is 8.42 Å². The second-order valence-electron chi connectivity index (χ2n) is 8.85. The highest BCUT2D eigenvalue weighted by Gasteiger charge is 2.37.